The molecule has 0 spiro atoms. The third-order valence-corrected chi connectivity index (χ3v) is 3.93. The zero-order chi connectivity index (χ0) is 13.2. The van der Waals surface area contributed by atoms with Crippen LogP contribution < -0.4 is 5.32 Å². The van der Waals surface area contributed by atoms with Crippen LogP contribution in [0.15, 0.2) is 24.3 Å². The molecule has 0 amide bonds. The normalized spacial score (nSPS) is 14.4. The molecule has 1 heterocycles. The minimum atomic E-state index is 0.818. The van der Waals surface area contributed by atoms with Gasteiger partial charge in [-0.05, 0) is 56.0 Å². The molecule has 1 N–H and O–H groups in total. The number of fused-ring (bicyclic) bond motifs is 1. The first-order chi connectivity index (χ1) is 9.28. The zero-order valence-corrected chi connectivity index (χ0v) is 11.7. The number of nitrogens with zero attached hydrogens (tertiary/aromatic N) is 2. The van der Waals surface area contributed by atoms with E-state index in [0.29, 0.717) is 0 Å². The van der Waals surface area contributed by atoms with Gasteiger partial charge in [0.15, 0.2) is 0 Å². The molecule has 0 atom stereocenters. The van der Waals surface area contributed by atoms with Gasteiger partial charge in [0.2, 0.25) is 0 Å². The molecule has 0 radical (unpaired) electrons. The second-order valence-corrected chi connectivity index (χ2v) is 5.37. The Morgan fingerprint density at radius 3 is 2.74 bits per heavy atom. The largest absolute Gasteiger partial charge is 0.314 e. The molecule has 0 aliphatic heterocycles. The third-order valence-electron chi connectivity index (χ3n) is 3.93. The molecule has 0 saturated heterocycles. The molecule has 3 nitrogen and oxygen atoms in total. The summed E-state index contributed by atoms with van der Waals surface area (Å²) >= 11 is 0. The molecule has 2 aromatic rings. The van der Waals surface area contributed by atoms with Crippen molar-refractivity contribution in [3.05, 3.63) is 41.1 Å². The van der Waals surface area contributed by atoms with Crippen LogP contribution in [0.2, 0.25) is 0 Å². The fourth-order valence-corrected chi connectivity index (χ4v) is 2.96. The molecule has 1 aliphatic rings. The summed E-state index contributed by atoms with van der Waals surface area (Å²) in [5, 5.41) is 7.69. The molecule has 3 heteroatoms. The Labute approximate surface area is 114 Å². The number of aromatic nitrogens is 2. The molecule has 0 saturated carbocycles. The van der Waals surface area contributed by atoms with Gasteiger partial charge in [-0.3, -0.25) is 4.68 Å². The van der Waals surface area contributed by atoms with Gasteiger partial charge in [-0.2, -0.15) is 5.10 Å². The van der Waals surface area contributed by atoms with Gasteiger partial charge in [0.25, 0.3) is 0 Å². The first-order valence-electron chi connectivity index (χ1n) is 7.07. The van der Waals surface area contributed by atoms with E-state index in [9.17, 15) is 0 Å². The predicted octanol–water partition coefficient (Wildman–Crippen LogP) is 2.69. The van der Waals surface area contributed by atoms with Crippen molar-refractivity contribution in [3.63, 3.8) is 0 Å². The molecular weight excluding hydrogens is 234 g/mol. The maximum absolute atomic E-state index is 4.54. The van der Waals surface area contributed by atoms with Crippen LogP contribution in [0, 0.1) is 0 Å². The summed E-state index contributed by atoms with van der Waals surface area (Å²) < 4.78 is 1.98. The lowest BCUT2D eigenvalue weighted by Gasteiger charge is -2.16. The Kier molecular flexibility index (Phi) is 3.38. The van der Waals surface area contributed by atoms with Crippen LogP contribution in [0.3, 0.4) is 0 Å². The highest BCUT2D eigenvalue weighted by atomic mass is 15.3. The maximum atomic E-state index is 4.54. The highest BCUT2D eigenvalue weighted by molar-refractivity contribution is 5.62. The average Bonchev–Trinajstić information content (AvgIpc) is 2.79. The smallest absolute Gasteiger partial charge is 0.0768 e. The van der Waals surface area contributed by atoms with Crippen LogP contribution in [0.1, 0.15) is 29.7 Å². The number of aryl methyl sites for hydroxylation is 3. The molecule has 0 fully saturated rings. The summed E-state index contributed by atoms with van der Waals surface area (Å²) in [7, 11) is 3.97. The summed E-state index contributed by atoms with van der Waals surface area (Å²) in [6, 6.07) is 9.08. The standard InChI is InChI=1S/C16H21N3/c1-17-11-15-10-16(19(2)18-15)14-8-7-12-5-3-4-6-13(12)9-14/h7-10,17H,3-6,11H2,1-2H3. The van der Waals surface area contributed by atoms with E-state index in [0.717, 1.165) is 12.2 Å². The van der Waals surface area contributed by atoms with E-state index in [4.69, 9.17) is 0 Å². The number of hydrogen-bond acceptors (Lipinski definition) is 2. The molecule has 1 aromatic heterocycles. The zero-order valence-electron chi connectivity index (χ0n) is 11.7. The third kappa shape index (κ3) is 2.43. The van der Waals surface area contributed by atoms with E-state index in [-0.39, 0.29) is 0 Å². The first kappa shape index (κ1) is 12.4. The average molecular weight is 255 g/mol. The van der Waals surface area contributed by atoms with Gasteiger partial charge in [0.05, 0.1) is 11.4 Å². The van der Waals surface area contributed by atoms with E-state index in [1.807, 2.05) is 18.8 Å². The van der Waals surface area contributed by atoms with Crippen molar-refractivity contribution in [2.45, 2.75) is 32.2 Å². The van der Waals surface area contributed by atoms with Crippen LogP contribution in [0.25, 0.3) is 11.3 Å². The van der Waals surface area contributed by atoms with Crippen molar-refractivity contribution in [2.24, 2.45) is 7.05 Å². The maximum Gasteiger partial charge on any atom is 0.0768 e. The van der Waals surface area contributed by atoms with E-state index >= 15 is 0 Å². The van der Waals surface area contributed by atoms with Crippen LogP contribution in [0.4, 0.5) is 0 Å². The molecule has 1 aliphatic carbocycles. The SMILES string of the molecule is CNCc1cc(-c2ccc3c(c2)CCCC3)n(C)n1. The van der Waals surface area contributed by atoms with Crippen LogP contribution in [-0.4, -0.2) is 16.8 Å². The minimum Gasteiger partial charge on any atom is -0.314 e. The van der Waals surface area contributed by atoms with Crippen molar-refractivity contribution in [1.82, 2.24) is 15.1 Å². The number of hydrogen-bond donors (Lipinski definition) is 1. The lowest BCUT2D eigenvalue weighted by Crippen LogP contribution is -2.05. The van der Waals surface area contributed by atoms with Gasteiger partial charge in [0, 0.05) is 19.2 Å². The van der Waals surface area contributed by atoms with Gasteiger partial charge < -0.3 is 5.32 Å². The summed E-state index contributed by atoms with van der Waals surface area (Å²) in [4.78, 5) is 0. The van der Waals surface area contributed by atoms with Gasteiger partial charge in [-0.1, -0.05) is 12.1 Å². The van der Waals surface area contributed by atoms with E-state index < -0.39 is 0 Å². The highest BCUT2D eigenvalue weighted by Crippen LogP contribution is 2.27. The van der Waals surface area contributed by atoms with Crippen molar-refractivity contribution < 1.29 is 0 Å². The molecular formula is C16H21N3. The monoisotopic (exact) mass is 255 g/mol. The van der Waals surface area contributed by atoms with Gasteiger partial charge in [-0.15, -0.1) is 0 Å². The Bertz CT molecular complexity index is 584. The quantitative estimate of drug-likeness (QED) is 0.914. The topological polar surface area (TPSA) is 29.9 Å². The number of benzene rings is 1. The summed E-state index contributed by atoms with van der Waals surface area (Å²) in [6.45, 7) is 0.818. The summed E-state index contributed by atoms with van der Waals surface area (Å²) in [6.07, 6.45) is 5.13. The van der Waals surface area contributed by atoms with Crippen molar-refractivity contribution in [1.29, 1.82) is 0 Å². The second-order valence-electron chi connectivity index (χ2n) is 5.37. The van der Waals surface area contributed by atoms with E-state index in [1.54, 1.807) is 0 Å². The van der Waals surface area contributed by atoms with Gasteiger partial charge in [0.1, 0.15) is 0 Å². The fraction of sp³-hybridized carbons (Fsp3) is 0.438. The second kappa shape index (κ2) is 5.17. The van der Waals surface area contributed by atoms with Crippen LogP contribution in [-0.2, 0) is 26.4 Å². The van der Waals surface area contributed by atoms with E-state index in [1.165, 1.54) is 48.1 Å². The van der Waals surface area contributed by atoms with Crippen molar-refractivity contribution in [2.75, 3.05) is 7.05 Å². The molecule has 19 heavy (non-hydrogen) atoms. The Balaban J connectivity index is 1.97. The van der Waals surface area contributed by atoms with E-state index in [2.05, 4.69) is 34.7 Å². The molecule has 0 bridgehead atoms. The Hall–Kier alpha value is -1.61. The van der Waals surface area contributed by atoms with Gasteiger partial charge >= 0.3 is 0 Å². The molecule has 3 rings (SSSR count). The lowest BCUT2D eigenvalue weighted by molar-refractivity contribution is 0.685. The minimum absolute atomic E-state index is 0.818. The highest BCUT2D eigenvalue weighted by Gasteiger charge is 2.12. The van der Waals surface area contributed by atoms with Crippen molar-refractivity contribution in [3.8, 4) is 11.3 Å². The number of rotatable bonds is 3. The van der Waals surface area contributed by atoms with Crippen LogP contribution >= 0.6 is 0 Å². The summed E-state index contributed by atoms with van der Waals surface area (Å²) in [5.41, 5.74) is 6.65. The summed E-state index contributed by atoms with van der Waals surface area (Å²) in [5.74, 6) is 0. The first-order valence-corrected chi connectivity index (χ1v) is 7.07. The molecule has 1 aromatic carbocycles. The van der Waals surface area contributed by atoms with Crippen molar-refractivity contribution >= 4 is 0 Å². The fourth-order valence-electron chi connectivity index (χ4n) is 2.96. The van der Waals surface area contributed by atoms with Gasteiger partial charge in [-0.25, -0.2) is 0 Å². The Morgan fingerprint density at radius 1 is 1.16 bits per heavy atom. The van der Waals surface area contributed by atoms with Crippen LogP contribution in [0.5, 0.6) is 0 Å². The lowest BCUT2D eigenvalue weighted by atomic mass is 9.90. The molecule has 100 valence electrons. The number of nitrogens with one attached hydrogen (secondary N) is 1. The predicted molar refractivity (Wildman–Crippen MR) is 78.0 cm³/mol. The molecule has 0 unspecified atom stereocenters. The Morgan fingerprint density at radius 2 is 1.95 bits per heavy atom.